The van der Waals surface area contributed by atoms with Gasteiger partial charge in [-0.1, -0.05) is 164 Å². The summed E-state index contributed by atoms with van der Waals surface area (Å²) >= 11 is 0. The molecule has 0 spiro atoms. The van der Waals surface area contributed by atoms with Crippen LogP contribution in [0.3, 0.4) is 0 Å². The number of hydrogen-bond donors (Lipinski definition) is 0. The molecular formula is C52H32N4O. The highest BCUT2D eigenvalue weighted by atomic mass is 16.3. The van der Waals surface area contributed by atoms with Gasteiger partial charge in [0.2, 0.25) is 0 Å². The Morgan fingerprint density at radius 1 is 0.351 bits per heavy atom. The fourth-order valence-electron chi connectivity index (χ4n) is 7.55. The largest absolute Gasteiger partial charge is 0.456 e. The molecule has 0 aliphatic carbocycles. The van der Waals surface area contributed by atoms with E-state index in [2.05, 4.69) is 102 Å². The van der Waals surface area contributed by atoms with Crippen LogP contribution in [0, 0.1) is 6.57 Å². The van der Waals surface area contributed by atoms with Crippen molar-refractivity contribution in [2.75, 3.05) is 0 Å². The summed E-state index contributed by atoms with van der Waals surface area (Å²) in [5, 5.41) is 2.08. The van der Waals surface area contributed by atoms with Crippen LogP contribution in [0.5, 0.6) is 0 Å². The molecule has 0 aliphatic heterocycles. The minimum absolute atomic E-state index is 0.541. The molecule has 0 saturated carbocycles. The van der Waals surface area contributed by atoms with E-state index in [9.17, 15) is 0 Å². The molecule has 5 nitrogen and oxygen atoms in total. The van der Waals surface area contributed by atoms with Crippen molar-refractivity contribution in [3.05, 3.63) is 206 Å². The minimum Gasteiger partial charge on any atom is -0.456 e. The number of furan rings is 1. The summed E-state index contributed by atoms with van der Waals surface area (Å²) < 4.78 is 6.57. The second-order valence-electron chi connectivity index (χ2n) is 13.9. The van der Waals surface area contributed by atoms with Crippen LogP contribution >= 0.6 is 0 Å². The summed E-state index contributed by atoms with van der Waals surface area (Å²) in [6.07, 6.45) is 0. The van der Waals surface area contributed by atoms with E-state index in [1.807, 2.05) is 97.1 Å². The van der Waals surface area contributed by atoms with Gasteiger partial charge in [0, 0.05) is 27.5 Å². The second-order valence-corrected chi connectivity index (χ2v) is 13.9. The number of rotatable bonds is 7. The first kappa shape index (κ1) is 33.6. The van der Waals surface area contributed by atoms with Crippen molar-refractivity contribution in [1.29, 1.82) is 0 Å². The van der Waals surface area contributed by atoms with Gasteiger partial charge in [-0.15, -0.1) is 0 Å². The summed E-state index contributed by atoms with van der Waals surface area (Å²) in [5.41, 5.74) is 13.4. The van der Waals surface area contributed by atoms with Crippen molar-refractivity contribution in [1.82, 2.24) is 15.0 Å². The first-order chi connectivity index (χ1) is 28.2. The molecule has 0 bridgehead atoms. The van der Waals surface area contributed by atoms with Gasteiger partial charge >= 0.3 is 0 Å². The van der Waals surface area contributed by atoms with Gasteiger partial charge in [-0.2, -0.15) is 0 Å². The van der Waals surface area contributed by atoms with Gasteiger partial charge in [-0.3, -0.25) is 0 Å². The van der Waals surface area contributed by atoms with Crippen LogP contribution < -0.4 is 0 Å². The van der Waals surface area contributed by atoms with Gasteiger partial charge < -0.3 is 4.42 Å². The lowest BCUT2D eigenvalue weighted by Gasteiger charge is -2.10. The van der Waals surface area contributed by atoms with Gasteiger partial charge in [0.25, 0.3) is 0 Å². The zero-order chi connectivity index (χ0) is 38.1. The maximum atomic E-state index is 7.70. The van der Waals surface area contributed by atoms with Crippen molar-refractivity contribution in [3.63, 3.8) is 0 Å². The van der Waals surface area contributed by atoms with E-state index in [0.29, 0.717) is 23.2 Å². The predicted molar refractivity (Wildman–Crippen MR) is 231 cm³/mol. The second kappa shape index (κ2) is 14.4. The molecule has 0 atom stereocenters. The van der Waals surface area contributed by atoms with Crippen LogP contribution in [0.4, 0.5) is 5.69 Å². The van der Waals surface area contributed by atoms with E-state index in [1.165, 1.54) is 11.1 Å². The molecule has 0 saturated heterocycles. The lowest BCUT2D eigenvalue weighted by Crippen LogP contribution is -2.00. The standard InChI is InChI=1S/C52H32N4O/c1-53-46-23-9-8-21-43(46)39-18-11-20-41(32-39)51-54-50(37-15-6-3-7-16-37)55-52(56-51)42-29-30-45-48(33-42)57-47-24-12-22-44(49(45)47)40-19-10-17-38(31-40)36-27-25-35(26-28-36)34-13-4-2-5-14-34/h2-33H. The number of benzene rings is 8. The summed E-state index contributed by atoms with van der Waals surface area (Å²) in [4.78, 5) is 18.7. The van der Waals surface area contributed by atoms with E-state index in [0.717, 1.165) is 72.0 Å². The highest BCUT2D eigenvalue weighted by molar-refractivity contribution is 6.13. The Kier molecular flexibility index (Phi) is 8.48. The Balaban J connectivity index is 1.04. The van der Waals surface area contributed by atoms with E-state index in [4.69, 9.17) is 25.9 Å². The Morgan fingerprint density at radius 3 is 1.54 bits per heavy atom. The molecule has 0 amide bonds. The van der Waals surface area contributed by atoms with Crippen molar-refractivity contribution in [3.8, 4) is 78.7 Å². The molecule has 8 aromatic carbocycles. The maximum absolute atomic E-state index is 7.70. The van der Waals surface area contributed by atoms with Crippen LogP contribution in [-0.4, -0.2) is 15.0 Å². The molecule has 2 aromatic heterocycles. The first-order valence-electron chi connectivity index (χ1n) is 18.8. The molecule has 10 aromatic rings. The first-order valence-corrected chi connectivity index (χ1v) is 18.8. The molecule has 0 fully saturated rings. The monoisotopic (exact) mass is 728 g/mol. The predicted octanol–water partition coefficient (Wildman–Crippen LogP) is 14.0. The molecule has 0 radical (unpaired) electrons. The van der Waals surface area contributed by atoms with Gasteiger partial charge in [0.05, 0.1) is 6.57 Å². The topological polar surface area (TPSA) is 56.2 Å². The number of nitrogens with zero attached hydrogens (tertiary/aromatic N) is 4. The maximum Gasteiger partial charge on any atom is 0.194 e. The zero-order valence-electron chi connectivity index (χ0n) is 30.7. The number of para-hydroxylation sites is 1. The van der Waals surface area contributed by atoms with Crippen LogP contribution in [0.25, 0.3) is 105 Å². The smallest absolute Gasteiger partial charge is 0.194 e. The minimum atomic E-state index is 0.541. The lowest BCUT2D eigenvalue weighted by atomic mass is 9.95. The summed E-state index contributed by atoms with van der Waals surface area (Å²) in [5.74, 6) is 1.66. The zero-order valence-corrected chi connectivity index (χ0v) is 30.7. The molecule has 2 heterocycles. The van der Waals surface area contributed by atoms with Gasteiger partial charge in [-0.05, 0) is 74.8 Å². The molecule has 0 N–H and O–H groups in total. The third kappa shape index (κ3) is 6.42. The summed E-state index contributed by atoms with van der Waals surface area (Å²) in [6, 6.07) is 66.0. The Hall–Kier alpha value is -7.94. The van der Waals surface area contributed by atoms with E-state index in [-0.39, 0.29) is 0 Å². The average molecular weight is 729 g/mol. The highest BCUT2D eigenvalue weighted by Gasteiger charge is 2.17. The van der Waals surface area contributed by atoms with Crippen LogP contribution in [0.15, 0.2) is 199 Å². The Bertz CT molecular complexity index is 3130. The van der Waals surface area contributed by atoms with Crippen LogP contribution in [0.1, 0.15) is 0 Å². The third-order valence-electron chi connectivity index (χ3n) is 10.4. The highest BCUT2D eigenvalue weighted by Crippen LogP contribution is 2.40. The molecule has 10 rings (SSSR count). The number of fused-ring (bicyclic) bond motifs is 3. The average Bonchev–Trinajstić information content (AvgIpc) is 3.68. The molecule has 0 aliphatic rings. The fraction of sp³-hybridized carbons (Fsp3) is 0. The molecule has 57 heavy (non-hydrogen) atoms. The molecule has 0 unspecified atom stereocenters. The van der Waals surface area contributed by atoms with Crippen LogP contribution in [0.2, 0.25) is 0 Å². The van der Waals surface area contributed by atoms with Crippen molar-refractivity contribution >= 4 is 27.6 Å². The number of aromatic nitrogens is 3. The normalized spacial score (nSPS) is 11.1. The van der Waals surface area contributed by atoms with Crippen LogP contribution in [-0.2, 0) is 0 Å². The quantitative estimate of drug-likeness (QED) is 0.153. The van der Waals surface area contributed by atoms with Gasteiger partial charge in [0.15, 0.2) is 23.2 Å². The van der Waals surface area contributed by atoms with E-state index in [1.54, 1.807) is 0 Å². The van der Waals surface area contributed by atoms with Crippen molar-refractivity contribution in [2.24, 2.45) is 0 Å². The van der Waals surface area contributed by atoms with Gasteiger partial charge in [-0.25, -0.2) is 19.8 Å². The van der Waals surface area contributed by atoms with E-state index >= 15 is 0 Å². The fourth-order valence-corrected chi connectivity index (χ4v) is 7.55. The van der Waals surface area contributed by atoms with Crippen molar-refractivity contribution in [2.45, 2.75) is 0 Å². The Labute approximate surface area is 330 Å². The molecule has 5 heteroatoms. The lowest BCUT2D eigenvalue weighted by molar-refractivity contribution is 0.669. The Morgan fingerprint density at radius 2 is 0.825 bits per heavy atom. The summed E-state index contributed by atoms with van der Waals surface area (Å²) in [6.45, 7) is 7.70. The van der Waals surface area contributed by atoms with E-state index < -0.39 is 0 Å². The third-order valence-corrected chi connectivity index (χ3v) is 10.4. The number of hydrogen-bond acceptors (Lipinski definition) is 4. The summed E-state index contributed by atoms with van der Waals surface area (Å²) in [7, 11) is 0. The van der Waals surface area contributed by atoms with Crippen molar-refractivity contribution < 1.29 is 4.42 Å². The molecule has 266 valence electrons. The molecular weight excluding hydrogens is 697 g/mol. The van der Waals surface area contributed by atoms with Gasteiger partial charge in [0.1, 0.15) is 11.2 Å². The SMILES string of the molecule is [C-]#[N+]c1ccccc1-c1cccc(-c2nc(-c3ccccc3)nc(-c3ccc4c(c3)oc3cccc(-c5cccc(-c6ccc(-c7ccccc7)cc6)c5)c34)n2)c1.